The van der Waals surface area contributed by atoms with Crippen LogP contribution in [0.25, 0.3) is 10.9 Å². The van der Waals surface area contributed by atoms with Crippen molar-refractivity contribution in [2.24, 2.45) is 0 Å². The maximum absolute atomic E-state index is 13.9. The summed E-state index contributed by atoms with van der Waals surface area (Å²) in [6.45, 7) is 2.87. The number of hydrogen-bond donors (Lipinski definition) is 0. The number of piperazine rings is 1. The molecule has 3 aromatic rings. The Morgan fingerprint density at radius 3 is 2.34 bits per heavy atom. The van der Waals surface area contributed by atoms with Crippen LogP contribution in [0.1, 0.15) is 12.0 Å². The second kappa shape index (κ2) is 7.38. The standard InChI is InChI=1S/C20H20F3N3O2S/c1-24-8-10-25(11-9-24)17-6-3-7-18-19(17)16(20(22)23)13-26(18)29(27,28)15-5-2-4-14(21)12-15/h2-7,12-13,20H,8-11H2,1H3. The summed E-state index contributed by atoms with van der Waals surface area (Å²) in [5.41, 5.74) is 0.384. The number of fused-ring (bicyclic) bond motifs is 1. The number of hydrogen-bond acceptors (Lipinski definition) is 4. The molecular weight excluding hydrogens is 403 g/mol. The van der Waals surface area contributed by atoms with E-state index in [1.165, 1.54) is 18.2 Å². The lowest BCUT2D eigenvalue weighted by molar-refractivity contribution is 0.153. The third kappa shape index (κ3) is 3.49. The largest absolute Gasteiger partial charge is 0.368 e. The zero-order valence-corrected chi connectivity index (χ0v) is 16.5. The van der Waals surface area contributed by atoms with Crippen molar-refractivity contribution in [3.8, 4) is 0 Å². The Labute approximate surface area is 167 Å². The highest BCUT2D eigenvalue weighted by molar-refractivity contribution is 7.90. The summed E-state index contributed by atoms with van der Waals surface area (Å²) in [7, 11) is -2.25. The molecule has 1 aliphatic heterocycles. The van der Waals surface area contributed by atoms with Gasteiger partial charge in [-0.05, 0) is 37.4 Å². The van der Waals surface area contributed by atoms with Crippen molar-refractivity contribution >= 4 is 26.6 Å². The molecule has 4 rings (SSSR count). The zero-order valence-electron chi connectivity index (χ0n) is 15.7. The Morgan fingerprint density at radius 1 is 1.00 bits per heavy atom. The Bertz CT molecular complexity index is 1150. The minimum absolute atomic E-state index is 0.154. The van der Waals surface area contributed by atoms with Crippen LogP contribution < -0.4 is 4.90 Å². The highest BCUT2D eigenvalue weighted by atomic mass is 32.2. The molecule has 0 unspecified atom stereocenters. The number of rotatable bonds is 4. The van der Waals surface area contributed by atoms with Crippen LogP contribution in [0.15, 0.2) is 53.6 Å². The van der Waals surface area contributed by atoms with Crippen LogP contribution in [0.4, 0.5) is 18.9 Å². The molecule has 1 aromatic heterocycles. The van der Waals surface area contributed by atoms with Gasteiger partial charge in [0.05, 0.1) is 10.4 Å². The van der Waals surface area contributed by atoms with Crippen molar-refractivity contribution in [2.75, 3.05) is 38.1 Å². The number of benzene rings is 2. The monoisotopic (exact) mass is 423 g/mol. The van der Waals surface area contributed by atoms with Crippen molar-refractivity contribution in [1.29, 1.82) is 0 Å². The van der Waals surface area contributed by atoms with Crippen molar-refractivity contribution in [3.05, 3.63) is 60.0 Å². The summed E-state index contributed by atoms with van der Waals surface area (Å²) < 4.78 is 68.4. The molecule has 1 fully saturated rings. The van der Waals surface area contributed by atoms with Gasteiger partial charge in [-0.15, -0.1) is 0 Å². The molecule has 2 aromatic carbocycles. The average Bonchev–Trinajstić information content (AvgIpc) is 3.09. The lowest BCUT2D eigenvalue weighted by Gasteiger charge is -2.34. The van der Waals surface area contributed by atoms with Gasteiger partial charge in [-0.3, -0.25) is 0 Å². The van der Waals surface area contributed by atoms with Crippen LogP contribution in [0.3, 0.4) is 0 Å². The summed E-state index contributed by atoms with van der Waals surface area (Å²) in [5, 5.41) is 0.215. The van der Waals surface area contributed by atoms with Crippen LogP contribution in [0.5, 0.6) is 0 Å². The second-order valence-corrected chi connectivity index (χ2v) is 8.92. The van der Waals surface area contributed by atoms with Gasteiger partial charge in [-0.2, -0.15) is 0 Å². The molecule has 2 heterocycles. The van der Waals surface area contributed by atoms with Gasteiger partial charge < -0.3 is 9.80 Å². The molecule has 0 spiro atoms. The maximum atomic E-state index is 13.9. The van der Waals surface area contributed by atoms with E-state index in [4.69, 9.17) is 0 Å². The van der Waals surface area contributed by atoms with Crippen molar-refractivity contribution in [2.45, 2.75) is 11.3 Å². The SMILES string of the molecule is CN1CCN(c2cccc3c2c(C(F)F)cn3S(=O)(=O)c2cccc(F)c2)CC1. The highest BCUT2D eigenvalue weighted by Gasteiger charge is 2.28. The number of anilines is 1. The van der Waals surface area contributed by atoms with E-state index in [1.54, 1.807) is 12.1 Å². The third-order valence-corrected chi connectivity index (χ3v) is 6.90. The molecule has 0 radical (unpaired) electrons. The van der Waals surface area contributed by atoms with E-state index >= 15 is 0 Å². The molecular formula is C20H20F3N3O2S. The van der Waals surface area contributed by atoms with Gasteiger partial charge in [0, 0.05) is 49.0 Å². The van der Waals surface area contributed by atoms with Crippen LogP contribution in [0, 0.1) is 5.82 Å². The Hall–Kier alpha value is -2.52. The van der Waals surface area contributed by atoms with E-state index in [1.807, 2.05) is 11.9 Å². The number of likely N-dealkylation sites (N-methyl/N-ethyl adjacent to an activating group) is 1. The molecule has 0 atom stereocenters. The van der Waals surface area contributed by atoms with Gasteiger partial charge in [0.25, 0.3) is 16.4 Å². The lowest BCUT2D eigenvalue weighted by atomic mass is 10.1. The summed E-state index contributed by atoms with van der Waals surface area (Å²) in [6, 6.07) is 9.42. The first-order valence-electron chi connectivity index (χ1n) is 9.16. The van der Waals surface area contributed by atoms with E-state index in [0.717, 1.165) is 35.4 Å². The first-order valence-corrected chi connectivity index (χ1v) is 10.6. The fraction of sp³-hybridized carbons (Fsp3) is 0.300. The molecule has 154 valence electrons. The molecule has 5 nitrogen and oxygen atoms in total. The number of nitrogens with zero attached hydrogens (tertiary/aromatic N) is 3. The number of halogens is 3. The molecule has 9 heteroatoms. The fourth-order valence-electron chi connectivity index (χ4n) is 3.68. The van der Waals surface area contributed by atoms with Crippen LogP contribution in [0.2, 0.25) is 0 Å². The third-order valence-electron chi connectivity index (χ3n) is 5.23. The van der Waals surface area contributed by atoms with E-state index in [2.05, 4.69) is 4.90 Å². The summed E-state index contributed by atoms with van der Waals surface area (Å²) in [4.78, 5) is 3.85. The summed E-state index contributed by atoms with van der Waals surface area (Å²) >= 11 is 0. The molecule has 0 bridgehead atoms. The minimum Gasteiger partial charge on any atom is -0.368 e. The summed E-state index contributed by atoms with van der Waals surface area (Å²) in [5.74, 6) is -0.713. The molecule has 0 aliphatic carbocycles. The first kappa shape index (κ1) is 19.8. The second-order valence-electron chi connectivity index (χ2n) is 7.10. The van der Waals surface area contributed by atoms with E-state index in [-0.39, 0.29) is 21.4 Å². The predicted octanol–water partition coefficient (Wildman–Crippen LogP) is 3.71. The highest BCUT2D eigenvalue weighted by Crippen LogP contribution is 2.38. The van der Waals surface area contributed by atoms with E-state index < -0.39 is 22.3 Å². The predicted molar refractivity (Wildman–Crippen MR) is 106 cm³/mol. The van der Waals surface area contributed by atoms with Gasteiger partial charge >= 0.3 is 0 Å². The summed E-state index contributed by atoms with van der Waals surface area (Å²) in [6.07, 6.45) is -1.90. The average molecular weight is 423 g/mol. The molecule has 0 N–H and O–H groups in total. The van der Waals surface area contributed by atoms with Crippen molar-refractivity contribution in [1.82, 2.24) is 8.87 Å². The number of aromatic nitrogens is 1. The van der Waals surface area contributed by atoms with Gasteiger partial charge in [0.2, 0.25) is 0 Å². The van der Waals surface area contributed by atoms with Gasteiger partial charge in [0.1, 0.15) is 5.82 Å². The van der Waals surface area contributed by atoms with E-state index in [9.17, 15) is 21.6 Å². The molecule has 29 heavy (non-hydrogen) atoms. The van der Waals surface area contributed by atoms with Crippen LogP contribution in [-0.4, -0.2) is 50.5 Å². The van der Waals surface area contributed by atoms with Gasteiger partial charge in [-0.25, -0.2) is 25.6 Å². The maximum Gasteiger partial charge on any atom is 0.268 e. The quantitative estimate of drug-likeness (QED) is 0.642. The molecule has 1 saturated heterocycles. The van der Waals surface area contributed by atoms with Crippen molar-refractivity contribution in [3.63, 3.8) is 0 Å². The lowest BCUT2D eigenvalue weighted by Crippen LogP contribution is -2.44. The molecule has 0 amide bonds. The number of alkyl halides is 2. The zero-order chi connectivity index (χ0) is 20.8. The minimum atomic E-state index is -4.24. The molecule has 0 saturated carbocycles. The van der Waals surface area contributed by atoms with E-state index in [0.29, 0.717) is 18.8 Å². The van der Waals surface area contributed by atoms with Crippen molar-refractivity contribution < 1.29 is 21.6 Å². The Balaban J connectivity index is 1.92. The normalized spacial score (nSPS) is 16.1. The Kier molecular flexibility index (Phi) is 5.04. The van der Waals surface area contributed by atoms with Gasteiger partial charge in [-0.1, -0.05) is 12.1 Å². The molecule has 1 aliphatic rings. The fourth-order valence-corrected chi connectivity index (χ4v) is 5.09. The smallest absolute Gasteiger partial charge is 0.268 e. The Morgan fingerprint density at radius 2 is 1.69 bits per heavy atom. The van der Waals surface area contributed by atoms with Crippen LogP contribution in [-0.2, 0) is 10.0 Å². The topological polar surface area (TPSA) is 45.5 Å². The first-order chi connectivity index (χ1) is 13.8. The van der Waals surface area contributed by atoms with Gasteiger partial charge in [0.15, 0.2) is 0 Å². The van der Waals surface area contributed by atoms with Crippen LogP contribution >= 0.6 is 0 Å².